The molecule has 0 spiro atoms. The van der Waals surface area contributed by atoms with Gasteiger partial charge in [0.2, 0.25) is 0 Å². The number of hydrogen-bond acceptors (Lipinski definition) is 4. The SMILES string of the molecule is COc1ccc(OC)c(N(CCCSC)C(=O)CF)c1. The van der Waals surface area contributed by atoms with Gasteiger partial charge in [-0.1, -0.05) is 0 Å². The number of methoxy groups -OCH3 is 2. The van der Waals surface area contributed by atoms with E-state index in [9.17, 15) is 9.18 Å². The second kappa shape index (κ2) is 8.68. The van der Waals surface area contributed by atoms with Crippen molar-refractivity contribution >= 4 is 23.4 Å². The van der Waals surface area contributed by atoms with Crippen molar-refractivity contribution in [1.82, 2.24) is 0 Å². The molecule has 1 amide bonds. The minimum Gasteiger partial charge on any atom is -0.497 e. The zero-order valence-corrected chi connectivity index (χ0v) is 12.8. The first-order valence-corrected chi connectivity index (χ1v) is 7.64. The van der Waals surface area contributed by atoms with Crippen molar-refractivity contribution in [2.75, 3.05) is 44.3 Å². The van der Waals surface area contributed by atoms with E-state index in [1.165, 1.54) is 12.0 Å². The topological polar surface area (TPSA) is 38.8 Å². The van der Waals surface area contributed by atoms with Crippen LogP contribution in [0.4, 0.5) is 10.1 Å². The number of benzene rings is 1. The lowest BCUT2D eigenvalue weighted by molar-refractivity contribution is -0.119. The third-order valence-corrected chi connectivity index (χ3v) is 3.52. The van der Waals surface area contributed by atoms with Crippen LogP contribution in [0, 0.1) is 0 Å². The third kappa shape index (κ3) is 4.30. The van der Waals surface area contributed by atoms with Crippen LogP contribution in [-0.2, 0) is 4.79 Å². The van der Waals surface area contributed by atoms with Gasteiger partial charge >= 0.3 is 0 Å². The molecule has 20 heavy (non-hydrogen) atoms. The molecule has 0 unspecified atom stereocenters. The smallest absolute Gasteiger partial charge is 0.258 e. The standard InChI is InChI=1S/C14H20FNO3S/c1-18-11-5-6-13(19-2)12(9-11)16(14(17)10-15)7-4-8-20-3/h5-6,9H,4,7-8,10H2,1-3H3. The Morgan fingerprint density at radius 2 is 2.10 bits per heavy atom. The minimum atomic E-state index is -1.03. The fourth-order valence-electron chi connectivity index (χ4n) is 1.83. The van der Waals surface area contributed by atoms with Crippen LogP contribution in [0.3, 0.4) is 0 Å². The first-order chi connectivity index (χ1) is 9.67. The Hall–Kier alpha value is -1.43. The molecule has 1 aromatic rings. The first kappa shape index (κ1) is 16.6. The molecule has 0 aliphatic rings. The summed E-state index contributed by atoms with van der Waals surface area (Å²) in [7, 11) is 3.06. The van der Waals surface area contributed by atoms with Crippen LogP contribution < -0.4 is 14.4 Å². The Bertz CT molecular complexity index is 442. The second-order valence-corrected chi connectivity index (χ2v) is 5.05. The fraction of sp³-hybridized carbons (Fsp3) is 0.500. The number of rotatable bonds is 8. The van der Waals surface area contributed by atoms with Crippen molar-refractivity contribution < 1.29 is 18.7 Å². The normalized spacial score (nSPS) is 10.2. The van der Waals surface area contributed by atoms with Gasteiger partial charge in [0, 0.05) is 12.6 Å². The Labute approximate surface area is 123 Å². The predicted octanol–water partition coefficient (Wildman–Crippen LogP) is 2.76. The zero-order valence-electron chi connectivity index (χ0n) is 12.0. The van der Waals surface area contributed by atoms with Crippen molar-refractivity contribution in [3.8, 4) is 11.5 Å². The van der Waals surface area contributed by atoms with Crippen LogP contribution in [0.15, 0.2) is 18.2 Å². The van der Waals surface area contributed by atoms with Gasteiger partial charge in [0.25, 0.3) is 5.91 Å². The van der Waals surface area contributed by atoms with Crippen molar-refractivity contribution in [3.05, 3.63) is 18.2 Å². The molecule has 0 aliphatic heterocycles. The monoisotopic (exact) mass is 301 g/mol. The third-order valence-electron chi connectivity index (χ3n) is 2.82. The Balaban J connectivity index is 3.06. The Kier molecular flexibility index (Phi) is 7.22. The summed E-state index contributed by atoms with van der Waals surface area (Å²) in [4.78, 5) is 13.2. The molecule has 1 aromatic carbocycles. The predicted molar refractivity (Wildman–Crippen MR) is 80.9 cm³/mol. The van der Waals surface area contributed by atoms with E-state index in [4.69, 9.17) is 9.47 Å². The summed E-state index contributed by atoms with van der Waals surface area (Å²) in [5.74, 6) is 1.46. The molecule has 0 bridgehead atoms. The second-order valence-electron chi connectivity index (χ2n) is 4.06. The molecule has 0 N–H and O–H groups in total. The highest BCUT2D eigenvalue weighted by Gasteiger charge is 2.19. The van der Waals surface area contributed by atoms with Crippen LogP contribution in [-0.4, -0.2) is 45.4 Å². The summed E-state index contributed by atoms with van der Waals surface area (Å²) >= 11 is 1.69. The molecule has 4 nitrogen and oxygen atoms in total. The molecule has 0 saturated carbocycles. The maximum atomic E-state index is 12.8. The van der Waals surface area contributed by atoms with E-state index in [1.54, 1.807) is 37.1 Å². The summed E-state index contributed by atoms with van der Waals surface area (Å²) in [6, 6.07) is 5.13. The maximum Gasteiger partial charge on any atom is 0.258 e. The number of alkyl halides is 1. The van der Waals surface area contributed by atoms with Crippen molar-refractivity contribution in [2.24, 2.45) is 0 Å². The summed E-state index contributed by atoms with van der Waals surface area (Å²) in [6.45, 7) is -0.577. The molecule has 1 rings (SSSR count). The summed E-state index contributed by atoms with van der Waals surface area (Å²) < 4.78 is 23.2. The molecule has 0 aromatic heterocycles. The quantitative estimate of drug-likeness (QED) is 0.692. The number of carbonyl (C=O) groups is 1. The molecular weight excluding hydrogens is 281 g/mol. The highest BCUT2D eigenvalue weighted by molar-refractivity contribution is 7.98. The van der Waals surface area contributed by atoms with Crippen LogP contribution in [0.5, 0.6) is 11.5 Å². The lowest BCUT2D eigenvalue weighted by atomic mass is 10.2. The number of hydrogen-bond donors (Lipinski definition) is 0. The van der Waals surface area contributed by atoms with Gasteiger partial charge in [0.15, 0.2) is 6.67 Å². The van der Waals surface area contributed by atoms with Crippen molar-refractivity contribution in [2.45, 2.75) is 6.42 Å². The number of ether oxygens (including phenoxy) is 2. The largest absolute Gasteiger partial charge is 0.497 e. The van der Waals surface area contributed by atoms with Crippen LogP contribution >= 0.6 is 11.8 Å². The lowest BCUT2D eigenvalue weighted by Crippen LogP contribution is -2.33. The molecule has 0 fully saturated rings. The van der Waals surface area contributed by atoms with E-state index >= 15 is 0 Å². The summed E-state index contributed by atoms with van der Waals surface area (Å²) in [5, 5.41) is 0. The van der Waals surface area contributed by atoms with E-state index in [0.717, 1.165) is 12.2 Å². The maximum absolute atomic E-state index is 12.8. The van der Waals surface area contributed by atoms with E-state index in [-0.39, 0.29) is 0 Å². The van der Waals surface area contributed by atoms with Crippen LogP contribution in [0.25, 0.3) is 0 Å². The number of nitrogens with zero attached hydrogens (tertiary/aromatic N) is 1. The molecule has 112 valence electrons. The number of carbonyl (C=O) groups excluding carboxylic acids is 1. The minimum absolute atomic E-state index is 0.452. The molecule has 0 atom stereocenters. The molecular formula is C14H20FNO3S. The number of halogens is 1. The summed E-state index contributed by atoms with van der Waals surface area (Å²) in [6.07, 6.45) is 2.78. The van der Waals surface area contributed by atoms with E-state index < -0.39 is 12.6 Å². The van der Waals surface area contributed by atoms with Crippen LogP contribution in [0.2, 0.25) is 0 Å². The van der Waals surface area contributed by atoms with Gasteiger partial charge in [-0.25, -0.2) is 4.39 Å². The van der Waals surface area contributed by atoms with Gasteiger partial charge in [-0.15, -0.1) is 0 Å². The molecule has 6 heteroatoms. The fourth-order valence-corrected chi connectivity index (χ4v) is 2.24. The van der Waals surface area contributed by atoms with Gasteiger partial charge in [-0.3, -0.25) is 4.79 Å². The highest BCUT2D eigenvalue weighted by atomic mass is 32.2. The van der Waals surface area contributed by atoms with E-state index in [2.05, 4.69) is 0 Å². The molecule has 0 aliphatic carbocycles. The average Bonchev–Trinajstić information content (AvgIpc) is 2.50. The molecule has 0 heterocycles. The van der Waals surface area contributed by atoms with E-state index in [0.29, 0.717) is 23.7 Å². The van der Waals surface area contributed by atoms with Gasteiger partial charge in [0.05, 0.1) is 19.9 Å². The number of amides is 1. The lowest BCUT2D eigenvalue weighted by Gasteiger charge is -2.24. The highest BCUT2D eigenvalue weighted by Crippen LogP contribution is 2.32. The molecule has 0 saturated heterocycles. The van der Waals surface area contributed by atoms with Gasteiger partial charge < -0.3 is 14.4 Å². The average molecular weight is 301 g/mol. The Morgan fingerprint density at radius 3 is 2.65 bits per heavy atom. The van der Waals surface area contributed by atoms with Crippen molar-refractivity contribution in [3.63, 3.8) is 0 Å². The van der Waals surface area contributed by atoms with E-state index in [1.807, 2.05) is 6.26 Å². The summed E-state index contributed by atoms with van der Waals surface area (Å²) in [5.41, 5.74) is 0.538. The molecule has 0 radical (unpaired) electrons. The van der Waals surface area contributed by atoms with Gasteiger partial charge in [-0.2, -0.15) is 11.8 Å². The van der Waals surface area contributed by atoms with Gasteiger partial charge in [0.1, 0.15) is 11.5 Å². The van der Waals surface area contributed by atoms with Gasteiger partial charge in [-0.05, 0) is 30.6 Å². The number of anilines is 1. The zero-order chi connectivity index (χ0) is 15.0. The first-order valence-electron chi connectivity index (χ1n) is 6.25. The van der Waals surface area contributed by atoms with Crippen LogP contribution in [0.1, 0.15) is 6.42 Å². The van der Waals surface area contributed by atoms with Crippen molar-refractivity contribution in [1.29, 1.82) is 0 Å². The number of thioether (sulfide) groups is 1. The Morgan fingerprint density at radius 1 is 1.35 bits per heavy atom.